The average Bonchev–Trinajstić information content (AvgIpc) is 2.40. The monoisotopic (exact) mass is 283 g/mol. The zero-order valence-corrected chi connectivity index (χ0v) is 14.0. The van der Waals surface area contributed by atoms with Crippen molar-refractivity contribution in [1.29, 1.82) is 0 Å². The normalized spacial score (nSPS) is 32.9. The van der Waals surface area contributed by atoms with E-state index in [4.69, 9.17) is 4.74 Å². The summed E-state index contributed by atoms with van der Waals surface area (Å²) >= 11 is 0. The van der Waals surface area contributed by atoms with Gasteiger partial charge in [0.25, 0.3) is 0 Å². The van der Waals surface area contributed by atoms with Crippen LogP contribution in [0.3, 0.4) is 0 Å². The third-order valence-electron chi connectivity index (χ3n) is 5.16. The minimum Gasteiger partial charge on any atom is -0.378 e. The van der Waals surface area contributed by atoms with Crippen LogP contribution in [0.25, 0.3) is 0 Å². The number of piperazine rings is 1. The summed E-state index contributed by atoms with van der Waals surface area (Å²) in [5, 5.41) is 3.82. The molecule has 0 aromatic heterocycles. The van der Waals surface area contributed by atoms with E-state index in [1.165, 1.54) is 32.7 Å². The van der Waals surface area contributed by atoms with E-state index in [-0.39, 0.29) is 5.41 Å². The molecule has 0 aromatic carbocycles. The van der Waals surface area contributed by atoms with Gasteiger partial charge in [-0.05, 0) is 27.3 Å². The van der Waals surface area contributed by atoms with E-state index in [0.717, 1.165) is 13.0 Å². The van der Waals surface area contributed by atoms with E-state index < -0.39 is 0 Å². The van der Waals surface area contributed by atoms with E-state index in [2.05, 4.69) is 49.9 Å². The molecule has 2 aliphatic rings. The van der Waals surface area contributed by atoms with Crippen LogP contribution in [0.2, 0.25) is 0 Å². The third-order valence-corrected chi connectivity index (χ3v) is 5.16. The number of rotatable bonds is 6. The first-order valence-electron chi connectivity index (χ1n) is 8.22. The second-order valence-electron chi connectivity index (χ2n) is 7.23. The maximum Gasteiger partial charge on any atom is 0.0655 e. The Balaban J connectivity index is 1.71. The van der Waals surface area contributed by atoms with Gasteiger partial charge in [-0.15, -0.1) is 0 Å². The Morgan fingerprint density at radius 2 is 1.90 bits per heavy atom. The van der Waals surface area contributed by atoms with Crippen LogP contribution in [0.5, 0.6) is 0 Å². The molecule has 118 valence electrons. The van der Waals surface area contributed by atoms with E-state index in [0.29, 0.717) is 18.2 Å². The molecule has 1 aliphatic heterocycles. The first kappa shape index (κ1) is 16.2. The van der Waals surface area contributed by atoms with Crippen molar-refractivity contribution in [3.8, 4) is 0 Å². The molecule has 3 atom stereocenters. The van der Waals surface area contributed by atoms with Gasteiger partial charge in [-0.2, -0.15) is 0 Å². The zero-order chi connectivity index (χ0) is 14.8. The Labute approximate surface area is 124 Å². The predicted molar refractivity (Wildman–Crippen MR) is 84.1 cm³/mol. The Morgan fingerprint density at radius 3 is 2.45 bits per heavy atom. The molecule has 4 heteroatoms. The Morgan fingerprint density at radius 1 is 1.25 bits per heavy atom. The molecule has 0 spiro atoms. The van der Waals surface area contributed by atoms with Crippen LogP contribution < -0.4 is 5.32 Å². The summed E-state index contributed by atoms with van der Waals surface area (Å²) in [5.41, 5.74) is 0.270. The lowest BCUT2D eigenvalue weighted by atomic mass is 9.64. The summed E-state index contributed by atoms with van der Waals surface area (Å²) in [4.78, 5) is 5.00. The van der Waals surface area contributed by atoms with Crippen molar-refractivity contribution >= 4 is 0 Å². The first-order chi connectivity index (χ1) is 9.43. The summed E-state index contributed by atoms with van der Waals surface area (Å²) in [6.07, 6.45) is 1.59. The summed E-state index contributed by atoms with van der Waals surface area (Å²) in [6.45, 7) is 15.9. The van der Waals surface area contributed by atoms with Crippen molar-refractivity contribution in [2.24, 2.45) is 5.41 Å². The SMILES string of the molecule is CCO[C@@H]1C[C@H](N[C@@H](C)CN2CCN(C)CC2)C1(C)C. The highest BCUT2D eigenvalue weighted by molar-refractivity contribution is 5.03. The quantitative estimate of drug-likeness (QED) is 0.798. The zero-order valence-electron chi connectivity index (χ0n) is 14.0. The van der Waals surface area contributed by atoms with Crippen LogP contribution >= 0.6 is 0 Å². The standard InChI is InChI=1S/C16H33N3O/c1-6-20-15-11-14(16(15,3)4)17-13(2)12-19-9-7-18(5)8-10-19/h13-15,17H,6-12H2,1-5H3/t13-,14-,15+/m0/s1. The molecule has 0 unspecified atom stereocenters. The fraction of sp³-hybridized carbons (Fsp3) is 1.00. The van der Waals surface area contributed by atoms with E-state index in [9.17, 15) is 0 Å². The van der Waals surface area contributed by atoms with Gasteiger partial charge in [-0.25, -0.2) is 0 Å². The Kier molecular flexibility index (Phi) is 5.46. The maximum atomic E-state index is 5.81. The van der Waals surface area contributed by atoms with Crippen LogP contribution in [-0.4, -0.2) is 74.4 Å². The third kappa shape index (κ3) is 3.73. The molecule has 1 N–H and O–H groups in total. The highest BCUT2D eigenvalue weighted by atomic mass is 16.5. The molecule has 0 radical (unpaired) electrons. The number of nitrogens with one attached hydrogen (secondary N) is 1. The molecule has 20 heavy (non-hydrogen) atoms. The van der Waals surface area contributed by atoms with Crippen molar-refractivity contribution in [1.82, 2.24) is 15.1 Å². The number of hydrogen-bond donors (Lipinski definition) is 1. The van der Waals surface area contributed by atoms with E-state index >= 15 is 0 Å². The highest BCUT2D eigenvalue weighted by Crippen LogP contribution is 2.42. The van der Waals surface area contributed by atoms with Gasteiger partial charge in [0.1, 0.15) is 0 Å². The Bertz CT molecular complexity index is 300. The average molecular weight is 283 g/mol. The smallest absolute Gasteiger partial charge is 0.0655 e. The highest BCUT2D eigenvalue weighted by Gasteiger charge is 2.48. The van der Waals surface area contributed by atoms with Gasteiger partial charge in [-0.1, -0.05) is 13.8 Å². The summed E-state index contributed by atoms with van der Waals surface area (Å²) in [6, 6.07) is 1.16. The molecule has 4 nitrogen and oxygen atoms in total. The lowest BCUT2D eigenvalue weighted by Gasteiger charge is -2.53. The van der Waals surface area contributed by atoms with Crippen molar-refractivity contribution in [3.05, 3.63) is 0 Å². The minimum atomic E-state index is 0.270. The molecule has 1 saturated carbocycles. The lowest BCUT2D eigenvalue weighted by Crippen LogP contribution is -2.63. The molecular weight excluding hydrogens is 250 g/mol. The summed E-state index contributed by atoms with van der Waals surface area (Å²) < 4.78 is 5.81. The fourth-order valence-electron chi connectivity index (χ4n) is 3.47. The van der Waals surface area contributed by atoms with Crippen molar-refractivity contribution in [3.63, 3.8) is 0 Å². The van der Waals surface area contributed by atoms with E-state index in [1.807, 2.05) is 0 Å². The second-order valence-corrected chi connectivity index (χ2v) is 7.23. The number of hydrogen-bond acceptors (Lipinski definition) is 4. The predicted octanol–water partition coefficient (Wildman–Crippen LogP) is 1.42. The van der Waals surface area contributed by atoms with Crippen molar-refractivity contribution < 1.29 is 4.74 Å². The van der Waals surface area contributed by atoms with Crippen LogP contribution in [-0.2, 0) is 4.74 Å². The van der Waals surface area contributed by atoms with Crippen LogP contribution in [0, 0.1) is 5.41 Å². The largest absolute Gasteiger partial charge is 0.378 e. The topological polar surface area (TPSA) is 27.7 Å². The minimum absolute atomic E-state index is 0.270. The van der Waals surface area contributed by atoms with Crippen molar-refractivity contribution in [2.45, 2.75) is 52.3 Å². The summed E-state index contributed by atoms with van der Waals surface area (Å²) in [5.74, 6) is 0. The van der Waals surface area contributed by atoms with Crippen LogP contribution in [0.1, 0.15) is 34.1 Å². The second kappa shape index (κ2) is 6.73. The van der Waals surface area contributed by atoms with Crippen LogP contribution in [0.4, 0.5) is 0 Å². The van der Waals surface area contributed by atoms with E-state index in [1.54, 1.807) is 0 Å². The molecule has 2 fully saturated rings. The van der Waals surface area contributed by atoms with Crippen molar-refractivity contribution in [2.75, 3.05) is 46.4 Å². The molecule has 0 amide bonds. The number of likely N-dealkylation sites (N-methyl/N-ethyl adjacent to an activating group) is 1. The molecular formula is C16H33N3O. The van der Waals surface area contributed by atoms with Gasteiger partial charge in [0.05, 0.1) is 6.10 Å². The lowest BCUT2D eigenvalue weighted by molar-refractivity contribution is -0.116. The first-order valence-corrected chi connectivity index (χ1v) is 8.22. The molecule has 0 bridgehead atoms. The summed E-state index contributed by atoms with van der Waals surface area (Å²) in [7, 11) is 2.21. The number of nitrogens with zero attached hydrogens (tertiary/aromatic N) is 2. The van der Waals surface area contributed by atoms with Gasteiger partial charge < -0.3 is 15.0 Å². The van der Waals surface area contributed by atoms with Gasteiger partial charge in [0.15, 0.2) is 0 Å². The van der Waals surface area contributed by atoms with Gasteiger partial charge in [0, 0.05) is 56.8 Å². The van der Waals surface area contributed by atoms with Gasteiger partial charge in [0.2, 0.25) is 0 Å². The fourth-order valence-corrected chi connectivity index (χ4v) is 3.47. The number of ether oxygens (including phenoxy) is 1. The van der Waals surface area contributed by atoms with Gasteiger partial charge >= 0.3 is 0 Å². The molecule has 1 aliphatic carbocycles. The molecule has 0 aromatic rings. The Hall–Kier alpha value is -0.160. The van der Waals surface area contributed by atoms with Crippen LogP contribution in [0.15, 0.2) is 0 Å². The molecule has 2 rings (SSSR count). The maximum absolute atomic E-state index is 5.81. The molecule has 1 heterocycles. The molecule has 1 saturated heterocycles. The van der Waals surface area contributed by atoms with Gasteiger partial charge in [-0.3, -0.25) is 4.90 Å².